The van der Waals surface area contributed by atoms with E-state index >= 15 is 0 Å². The fraction of sp³-hybridized carbons (Fsp3) is 0.481. The van der Waals surface area contributed by atoms with Crippen LogP contribution in [-0.2, 0) is 32.2 Å². The average Bonchev–Trinajstić information content (AvgIpc) is 2.84. The fourth-order valence-corrected chi connectivity index (χ4v) is 4.20. The van der Waals surface area contributed by atoms with Gasteiger partial charge in [0.15, 0.2) is 0 Å². The van der Waals surface area contributed by atoms with Crippen molar-refractivity contribution in [2.45, 2.75) is 64.3 Å². The molecule has 1 saturated heterocycles. The van der Waals surface area contributed by atoms with Gasteiger partial charge in [0.2, 0.25) is 0 Å². The highest BCUT2D eigenvalue weighted by molar-refractivity contribution is 5.76. The number of ether oxygens (including phenoxy) is 5. The quantitative estimate of drug-likeness (QED) is 0.482. The number of benzene rings is 2. The van der Waals surface area contributed by atoms with Crippen molar-refractivity contribution >= 4 is 5.78 Å². The molecule has 0 radical (unpaired) electrons. The lowest BCUT2D eigenvalue weighted by Gasteiger charge is -2.45. The molecule has 0 saturated carbocycles. The molecule has 0 bridgehead atoms. The summed E-state index contributed by atoms with van der Waals surface area (Å²) in [4.78, 5) is 11.9. The van der Waals surface area contributed by atoms with Gasteiger partial charge in [0.1, 0.15) is 23.4 Å². The van der Waals surface area contributed by atoms with Gasteiger partial charge >= 0.3 is 0 Å². The Morgan fingerprint density at radius 2 is 1.38 bits per heavy atom. The van der Waals surface area contributed by atoms with Gasteiger partial charge in [-0.3, -0.25) is 4.79 Å². The maximum atomic E-state index is 11.9. The Labute approximate surface area is 201 Å². The van der Waals surface area contributed by atoms with Crippen molar-refractivity contribution < 1.29 is 28.5 Å². The molecule has 0 unspecified atom stereocenters. The van der Waals surface area contributed by atoms with Crippen molar-refractivity contribution in [3.8, 4) is 17.6 Å². The monoisotopic (exact) mass is 467 g/mol. The van der Waals surface area contributed by atoms with Gasteiger partial charge in [-0.1, -0.05) is 31.2 Å². The van der Waals surface area contributed by atoms with Gasteiger partial charge in [-0.25, -0.2) is 0 Å². The highest BCUT2D eigenvalue weighted by Crippen LogP contribution is 2.34. The zero-order valence-corrected chi connectivity index (χ0v) is 20.2. The van der Waals surface area contributed by atoms with Crippen LogP contribution in [0.1, 0.15) is 37.8 Å². The number of hydrogen-bond donors (Lipinski definition) is 0. The van der Waals surface area contributed by atoms with Gasteiger partial charge in [0.25, 0.3) is 0 Å². The largest absolute Gasteiger partial charge is 0.497 e. The second-order valence-electron chi connectivity index (χ2n) is 8.59. The maximum absolute atomic E-state index is 11.9. The zero-order chi connectivity index (χ0) is 24.5. The van der Waals surface area contributed by atoms with E-state index in [-0.39, 0.29) is 36.8 Å². The topological polar surface area (TPSA) is 87.0 Å². The lowest BCUT2D eigenvalue weighted by molar-refractivity contribution is -0.230. The maximum Gasteiger partial charge on any atom is 0.132 e. The summed E-state index contributed by atoms with van der Waals surface area (Å²) < 4.78 is 29.4. The van der Waals surface area contributed by atoms with E-state index in [0.29, 0.717) is 13.2 Å². The molecule has 0 amide bonds. The number of ketones is 1. The molecule has 5 atom stereocenters. The van der Waals surface area contributed by atoms with E-state index in [9.17, 15) is 10.1 Å². The summed E-state index contributed by atoms with van der Waals surface area (Å²) in [6, 6.07) is 17.5. The number of carbonyl (C=O) groups excluding carboxylic acids is 1. The van der Waals surface area contributed by atoms with E-state index in [1.165, 1.54) is 0 Å². The summed E-state index contributed by atoms with van der Waals surface area (Å²) in [7, 11) is 3.26. The molecule has 1 aliphatic heterocycles. The SMILES string of the molecule is COc1ccc(CO[C@@H]2[C@@H](C)[C@H](CC(C)=O)O[C@H](CC#N)[C@H]2OCc2ccc(OC)cc2)cc1. The van der Waals surface area contributed by atoms with E-state index in [0.717, 1.165) is 22.6 Å². The molecular formula is C27H33NO6. The predicted molar refractivity (Wildman–Crippen MR) is 126 cm³/mol. The molecule has 0 spiro atoms. The van der Waals surface area contributed by atoms with Crippen molar-refractivity contribution in [1.29, 1.82) is 5.26 Å². The Kier molecular flexibility index (Phi) is 9.46. The van der Waals surface area contributed by atoms with E-state index in [4.69, 9.17) is 23.7 Å². The summed E-state index contributed by atoms with van der Waals surface area (Å²) >= 11 is 0. The van der Waals surface area contributed by atoms with Crippen LogP contribution in [0.4, 0.5) is 0 Å². The molecule has 0 aliphatic carbocycles. The lowest BCUT2D eigenvalue weighted by Crippen LogP contribution is -2.55. The molecular weight excluding hydrogens is 434 g/mol. The number of carbonyl (C=O) groups is 1. The van der Waals surface area contributed by atoms with Gasteiger partial charge in [-0.2, -0.15) is 5.26 Å². The third-order valence-corrected chi connectivity index (χ3v) is 6.13. The van der Waals surface area contributed by atoms with Crippen molar-refractivity contribution in [2.24, 2.45) is 5.92 Å². The molecule has 7 nitrogen and oxygen atoms in total. The van der Waals surface area contributed by atoms with Crippen LogP contribution in [0.5, 0.6) is 11.5 Å². The van der Waals surface area contributed by atoms with Gasteiger partial charge in [-0.15, -0.1) is 0 Å². The molecule has 2 aromatic rings. The average molecular weight is 468 g/mol. The number of hydrogen-bond acceptors (Lipinski definition) is 7. The number of methoxy groups -OCH3 is 2. The fourth-order valence-electron chi connectivity index (χ4n) is 4.20. The minimum Gasteiger partial charge on any atom is -0.497 e. The van der Waals surface area contributed by atoms with Crippen LogP contribution >= 0.6 is 0 Å². The second kappa shape index (κ2) is 12.5. The smallest absolute Gasteiger partial charge is 0.132 e. The molecule has 2 aromatic carbocycles. The minimum absolute atomic E-state index is 0.0408. The predicted octanol–water partition coefficient (Wildman–Crippen LogP) is 4.47. The molecule has 1 aliphatic rings. The normalized spacial score (nSPS) is 24.3. The Morgan fingerprint density at radius 1 is 0.882 bits per heavy atom. The first-order chi connectivity index (χ1) is 16.4. The number of Topliss-reactive ketones (excluding diaryl/α,β-unsaturated/α-hetero) is 1. The second-order valence-corrected chi connectivity index (χ2v) is 8.59. The van der Waals surface area contributed by atoms with E-state index in [2.05, 4.69) is 6.07 Å². The molecule has 182 valence electrons. The highest BCUT2D eigenvalue weighted by Gasteiger charge is 2.45. The molecule has 3 rings (SSSR count). The van der Waals surface area contributed by atoms with Gasteiger partial charge in [0.05, 0.1) is 58.2 Å². The van der Waals surface area contributed by atoms with E-state index in [1.807, 2.05) is 55.5 Å². The number of nitriles is 1. The summed E-state index contributed by atoms with van der Waals surface area (Å²) in [6.45, 7) is 4.27. The molecule has 1 fully saturated rings. The van der Waals surface area contributed by atoms with Crippen LogP contribution < -0.4 is 9.47 Å². The third-order valence-electron chi connectivity index (χ3n) is 6.13. The van der Waals surface area contributed by atoms with Crippen molar-refractivity contribution in [3.63, 3.8) is 0 Å². The third kappa shape index (κ3) is 6.80. The summed E-state index contributed by atoms with van der Waals surface area (Å²) in [5.41, 5.74) is 1.97. The first kappa shape index (κ1) is 25.7. The first-order valence-electron chi connectivity index (χ1n) is 11.5. The van der Waals surface area contributed by atoms with E-state index < -0.39 is 12.2 Å². The standard InChI is InChI=1S/C27H33NO6/c1-18(29)15-25-19(2)26(32-16-20-5-9-22(30-3)10-6-20)27(24(34-25)13-14-28)33-17-21-7-11-23(31-4)12-8-21/h5-12,19,24-27H,13,15-17H2,1-4H3/t19-,24+,25-,26+,27+/m0/s1. The number of rotatable bonds is 11. The molecule has 0 aromatic heterocycles. The molecule has 0 N–H and O–H groups in total. The Bertz CT molecular complexity index is 953. The van der Waals surface area contributed by atoms with Crippen LogP contribution in [0.3, 0.4) is 0 Å². The van der Waals surface area contributed by atoms with Crippen LogP contribution in [0.2, 0.25) is 0 Å². The van der Waals surface area contributed by atoms with Crippen molar-refractivity contribution in [2.75, 3.05) is 14.2 Å². The minimum atomic E-state index is -0.496. The first-order valence-corrected chi connectivity index (χ1v) is 11.5. The summed E-state index contributed by atoms with van der Waals surface area (Å²) in [5.74, 6) is 1.49. The Balaban J connectivity index is 1.79. The lowest BCUT2D eigenvalue weighted by atomic mass is 9.85. The Morgan fingerprint density at radius 3 is 1.82 bits per heavy atom. The zero-order valence-electron chi connectivity index (χ0n) is 20.2. The summed E-state index contributed by atoms with van der Waals surface area (Å²) in [6.07, 6.45) is -1.22. The molecule has 1 heterocycles. The summed E-state index contributed by atoms with van der Waals surface area (Å²) in [5, 5.41) is 9.44. The van der Waals surface area contributed by atoms with Crippen LogP contribution in [0.15, 0.2) is 48.5 Å². The Hall–Kier alpha value is -2.92. The van der Waals surface area contributed by atoms with Crippen LogP contribution in [0.25, 0.3) is 0 Å². The number of nitrogens with zero attached hydrogens (tertiary/aromatic N) is 1. The highest BCUT2D eigenvalue weighted by atomic mass is 16.6. The van der Waals surface area contributed by atoms with Gasteiger partial charge in [0, 0.05) is 12.3 Å². The van der Waals surface area contributed by atoms with E-state index in [1.54, 1.807) is 21.1 Å². The molecule has 7 heteroatoms. The van der Waals surface area contributed by atoms with Crippen molar-refractivity contribution in [3.05, 3.63) is 59.7 Å². The van der Waals surface area contributed by atoms with Crippen LogP contribution in [0, 0.1) is 17.2 Å². The van der Waals surface area contributed by atoms with Gasteiger partial charge < -0.3 is 23.7 Å². The van der Waals surface area contributed by atoms with Crippen molar-refractivity contribution in [1.82, 2.24) is 0 Å². The molecule has 34 heavy (non-hydrogen) atoms. The van der Waals surface area contributed by atoms with Crippen LogP contribution in [-0.4, -0.2) is 44.4 Å². The van der Waals surface area contributed by atoms with Gasteiger partial charge in [-0.05, 0) is 42.3 Å².